The topological polar surface area (TPSA) is 68.9 Å². The van der Waals surface area contributed by atoms with E-state index in [1.54, 1.807) is 10.9 Å². The van der Waals surface area contributed by atoms with Gasteiger partial charge >= 0.3 is 0 Å². The summed E-state index contributed by atoms with van der Waals surface area (Å²) in [4.78, 5) is 31.2. The number of aromatic nitrogens is 3. The van der Waals surface area contributed by atoms with Gasteiger partial charge in [0.15, 0.2) is 0 Å². The molecule has 0 spiro atoms. The molecule has 32 heavy (non-hydrogen) atoms. The molecule has 0 atom stereocenters. The average molecular weight is 429 g/mol. The lowest BCUT2D eigenvalue weighted by atomic mass is 9.95. The maximum absolute atomic E-state index is 13.6. The summed E-state index contributed by atoms with van der Waals surface area (Å²) in [6.07, 6.45) is 7.24. The Morgan fingerprint density at radius 1 is 1.09 bits per heavy atom. The summed E-state index contributed by atoms with van der Waals surface area (Å²) in [6, 6.07) is 16.1. The zero-order chi connectivity index (χ0) is 22.1. The van der Waals surface area contributed by atoms with Crippen molar-refractivity contribution < 1.29 is 4.79 Å². The highest BCUT2D eigenvalue weighted by Crippen LogP contribution is 2.26. The number of carbonyl (C=O) groups is 1. The molecule has 0 radical (unpaired) electrons. The zero-order valence-electron chi connectivity index (χ0n) is 18.4. The van der Waals surface area contributed by atoms with Crippen LogP contribution in [0.25, 0.3) is 21.9 Å². The van der Waals surface area contributed by atoms with E-state index in [4.69, 9.17) is 0 Å². The molecule has 6 heteroatoms. The van der Waals surface area contributed by atoms with Crippen molar-refractivity contribution in [3.05, 3.63) is 76.3 Å². The summed E-state index contributed by atoms with van der Waals surface area (Å²) in [5.74, 6) is -0.0471. The molecule has 0 bridgehead atoms. The van der Waals surface area contributed by atoms with Crippen LogP contribution in [0.1, 0.15) is 43.2 Å². The highest BCUT2D eigenvalue weighted by atomic mass is 16.2. The fourth-order valence-corrected chi connectivity index (χ4v) is 4.83. The lowest BCUT2D eigenvalue weighted by Crippen LogP contribution is -2.38. The number of nitrogens with one attached hydrogen (secondary N) is 1. The highest BCUT2D eigenvalue weighted by Gasteiger charge is 2.21. The van der Waals surface area contributed by atoms with Gasteiger partial charge in [-0.2, -0.15) is 0 Å². The van der Waals surface area contributed by atoms with Gasteiger partial charge in [0, 0.05) is 11.4 Å². The summed E-state index contributed by atoms with van der Waals surface area (Å²) in [7, 11) is 0. The Morgan fingerprint density at radius 3 is 2.66 bits per heavy atom. The minimum Gasteiger partial charge on any atom is -0.352 e. The fourth-order valence-electron chi connectivity index (χ4n) is 4.83. The Morgan fingerprint density at radius 2 is 1.88 bits per heavy atom. The third-order valence-corrected chi connectivity index (χ3v) is 6.45. The lowest BCUT2D eigenvalue weighted by molar-refractivity contribution is -0.122. The van der Waals surface area contributed by atoms with E-state index in [9.17, 15) is 9.59 Å². The first-order valence-corrected chi connectivity index (χ1v) is 11.4. The fraction of sp³-hybridized carbons (Fsp3) is 0.346. The van der Waals surface area contributed by atoms with Crippen LogP contribution >= 0.6 is 0 Å². The molecule has 1 N–H and O–H groups in total. The molecule has 1 aliphatic carbocycles. The van der Waals surface area contributed by atoms with Gasteiger partial charge in [-0.1, -0.05) is 61.2 Å². The van der Waals surface area contributed by atoms with Crippen LogP contribution in [0.15, 0.2) is 59.7 Å². The van der Waals surface area contributed by atoms with Gasteiger partial charge in [-0.15, -0.1) is 0 Å². The van der Waals surface area contributed by atoms with Gasteiger partial charge < -0.3 is 9.88 Å². The molecule has 0 aliphatic heterocycles. The summed E-state index contributed by atoms with van der Waals surface area (Å²) >= 11 is 0. The lowest BCUT2D eigenvalue weighted by Gasteiger charge is -2.23. The molecule has 1 saturated carbocycles. The number of amides is 1. The Bertz CT molecular complexity index is 1330. The average Bonchev–Trinajstić information content (AvgIpc) is 3.10. The summed E-state index contributed by atoms with van der Waals surface area (Å²) < 4.78 is 3.47. The first-order valence-electron chi connectivity index (χ1n) is 11.4. The molecule has 0 saturated heterocycles. The van der Waals surface area contributed by atoms with Crippen LogP contribution in [0.2, 0.25) is 0 Å². The number of nitrogens with zero attached hydrogens (tertiary/aromatic N) is 3. The van der Waals surface area contributed by atoms with E-state index in [-0.39, 0.29) is 24.1 Å². The minimum absolute atomic E-state index is 0.0471. The van der Waals surface area contributed by atoms with Crippen LogP contribution in [-0.2, 0) is 17.9 Å². The molecule has 2 aromatic carbocycles. The first kappa shape index (κ1) is 20.5. The molecule has 1 aliphatic rings. The van der Waals surface area contributed by atoms with Gasteiger partial charge in [0.1, 0.15) is 17.6 Å². The number of rotatable bonds is 5. The number of hydrogen-bond acceptors (Lipinski definition) is 3. The monoisotopic (exact) mass is 428 g/mol. The molecule has 2 aromatic heterocycles. The first-order chi connectivity index (χ1) is 15.6. The molecule has 2 heterocycles. The highest BCUT2D eigenvalue weighted by molar-refractivity contribution is 6.06. The third kappa shape index (κ3) is 3.93. The number of benzene rings is 2. The third-order valence-electron chi connectivity index (χ3n) is 6.45. The second-order valence-corrected chi connectivity index (χ2v) is 8.87. The van der Waals surface area contributed by atoms with Crippen molar-refractivity contribution in [1.82, 2.24) is 19.4 Å². The quantitative estimate of drug-likeness (QED) is 0.519. The maximum atomic E-state index is 13.6. The molecule has 1 fully saturated rings. The SMILES string of the molecule is Cc1ccc2c(c1)c1ncn(Cc3ccccc3)c(=O)c1n2CC(=O)NC1CCCCC1. The standard InChI is InChI=1S/C26H28N4O2/c1-18-12-13-22-21(14-18)24-25(30(22)16-23(31)28-20-10-6-3-7-11-20)26(32)29(17-27-24)15-19-8-4-2-5-9-19/h2,4-5,8-9,12-14,17,20H,3,6-7,10-11,15-16H2,1H3,(H,28,31). The van der Waals surface area contributed by atoms with Crippen LogP contribution in [0, 0.1) is 6.92 Å². The second kappa shape index (κ2) is 8.61. The van der Waals surface area contributed by atoms with Gasteiger partial charge in [-0.05, 0) is 37.5 Å². The van der Waals surface area contributed by atoms with E-state index in [0.717, 1.165) is 47.7 Å². The smallest absolute Gasteiger partial charge is 0.278 e. The zero-order valence-corrected chi connectivity index (χ0v) is 18.4. The van der Waals surface area contributed by atoms with Crippen molar-refractivity contribution in [3.8, 4) is 0 Å². The molecular weight excluding hydrogens is 400 g/mol. The molecular formula is C26H28N4O2. The van der Waals surface area contributed by atoms with Crippen LogP contribution in [-0.4, -0.2) is 26.1 Å². The number of hydrogen-bond donors (Lipinski definition) is 1. The summed E-state index contributed by atoms with van der Waals surface area (Å²) in [6.45, 7) is 2.58. The molecule has 1 amide bonds. The van der Waals surface area contributed by atoms with E-state index in [2.05, 4.69) is 10.3 Å². The van der Waals surface area contributed by atoms with Crippen molar-refractivity contribution in [2.75, 3.05) is 0 Å². The molecule has 4 aromatic rings. The second-order valence-electron chi connectivity index (χ2n) is 8.87. The Hall–Kier alpha value is -3.41. The number of aryl methyl sites for hydroxylation is 1. The van der Waals surface area contributed by atoms with Gasteiger partial charge in [-0.3, -0.25) is 14.2 Å². The van der Waals surface area contributed by atoms with E-state index in [0.29, 0.717) is 17.6 Å². The van der Waals surface area contributed by atoms with E-state index >= 15 is 0 Å². The van der Waals surface area contributed by atoms with Crippen LogP contribution in [0.5, 0.6) is 0 Å². The predicted molar refractivity (Wildman–Crippen MR) is 127 cm³/mol. The largest absolute Gasteiger partial charge is 0.352 e. The van der Waals surface area contributed by atoms with Crippen LogP contribution in [0.3, 0.4) is 0 Å². The van der Waals surface area contributed by atoms with E-state index in [1.807, 2.05) is 60.0 Å². The van der Waals surface area contributed by atoms with Gasteiger partial charge in [0.2, 0.25) is 5.91 Å². The Kier molecular flexibility index (Phi) is 5.52. The van der Waals surface area contributed by atoms with Crippen molar-refractivity contribution in [1.29, 1.82) is 0 Å². The summed E-state index contributed by atoms with van der Waals surface area (Å²) in [5.41, 5.74) is 4.01. The van der Waals surface area contributed by atoms with Crippen molar-refractivity contribution >= 4 is 27.8 Å². The maximum Gasteiger partial charge on any atom is 0.278 e. The van der Waals surface area contributed by atoms with Gasteiger partial charge in [-0.25, -0.2) is 4.98 Å². The normalized spacial score (nSPS) is 14.8. The van der Waals surface area contributed by atoms with Crippen LogP contribution < -0.4 is 10.9 Å². The summed E-state index contributed by atoms with van der Waals surface area (Å²) in [5, 5.41) is 4.09. The molecule has 164 valence electrons. The van der Waals surface area contributed by atoms with Gasteiger partial charge in [0.25, 0.3) is 5.56 Å². The predicted octanol–water partition coefficient (Wildman–Crippen LogP) is 4.16. The Labute approximate surface area is 186 Å². The molecule has 6 nitrogen and oxygen atoms in total. The molecule has 0 unspecified atom stereocenters. The number of fused-ring (bicyclic) bond motifs is 3. The van der Waals surface area contributed by atoms with E-state index in [1.165, 1.54) is 6.42 Å². The van der Waals surface area contributed by atoms with Crippen LogP contribution in [0.4, 0.5) is 0 Å². The molecule has 5 rings (SSSR count). The van der Waals surface area contributed by atoms with Crippen molar-refractivity contribution in [2.24, 2.45) is 0 Å². The van der Waals surface area contributed by atoms with E-state index < -0.39 is 0 Å². The van der Waals surface area contributed by atoms with Crippen molar-refractivity contribution in [3.63, 3.8) is 0 Å². The number of carbonyl (C=O) groups excluding carboxylic acids is 1. The minimum atomic E-state index is -0.127. The van der Waals surface area contributed by atoms with Gasteiger partial charge in [0.05, 0.1) is 18.4 Å². The van der Waals surface area contributed by atoms with Crippen molar-refractivity contribution in [2.45, 2.75) is 58.2 Å². The Balaban J connectivity index is 1.57.